The number of aromatic nitrogens is 3. The third-order valence-electron chi connectivity index (χ3n) is 8.39. The molecule has 1 saturated carbocycles. The van der Waals surface area contributed by atoms with E-state index in [4.69, 9.17) is 24.2 Å². The Morgan fingerprint density at radius 3 is 2.48 bits per heavy atom. The highest BCUT2D eigenvalue weighted by atomic mass is 32.2. The van der Waals surface area contributed by atoms with E-state index in [1.807, 2.05) is 0 Å². The first-order valence-corrected chi connectivity index (χ1v) is 17.6. The van der Waals surface area contributed by atoms with Crippen LogP contribution in [0, 0.1) is 6.92 Å². The molecule has 6 rings (SSSR count). The third-order valence-corrected chi connectivity index (χ3v) is 10.1. The van der Waals surface area contributed by atoms with Crippen LogP contribution >= 0.6 is 11.3 Å². The highest BCUT2D eigenvalue weighted by Crippen LogP contribution is 2.44. The summed E-state index contributed by atoms with van der Waals surface area (Å²) in [6, 6.07) is 2.39. The van der Waals surface area contributed by atoms with Crippen molar-refractivity contribution in [2.24, 2.45) is 0 Å². The van der Waals surface area contributed by atoms with Crippen molar-refractivity contribution in [3.05, 3.63) is 17.1 Å². The molecule has 13 heteroatoms. The number of fused-ring (bicyclic) bond motifs is 1. The lowest BCUT2D eigenvalue weighted by Crippen LogP contribution is -2.42. The lowest BCUT2D eigenvalue weighted by molar-refractivity contribution is 0.0776. The number of anilines is 2. The number of hydrogen-bond acceptors (Lipinski definition) is 11. The number of thiophene rings is 1. The predicted molar refractivity (Wildman–Crippen MR) is 166 cm³/mol. The number of rotatable bonds is 8. The van der Waals surface area contributed by atoms with Crippen LogP contribution in [0.1, 0.15) is 49.8 Å². The third kappa shape index (κ3) is 6.43. The molecule has 0 aromatic carbocycles. The van der Waals surface area contributed by atoms with Crippen molar-refractivity contribution in [1.82, 2.24) is 19.9 Å². The van der Waals surface area contributed by atoms with Crippen LogP contribution in [0.3, 0.4) is 0 Å². The molecule has 11 nitrogen and oxygen atoms in total. The van der Waals surface area contributed by atoms with Crippen molar-refractivity contribution in [3.63, 3.8) is 0 Å². The fourth-order valence-corrected chi connectivity index (χ4v) is 7.87. The molecular weight excluding hydrogens is 576 g/mol. The van der Waals surface area contributed by atoms with E-state index >= 15 is 0 Å². The highest BCUT2D eigenvalue weighted by Gasteiger charge is 2.30. The Hall–Kier alpha value is -2.74. The lowest BCUT2D eigenvalue weighted by atomic mass is 9.90. The van der Waals surface area contributed by atoms with E-state index in [1.165, 1.54) is 52.3 Å². The van der Waals surface area contributed by atoms with E-state index in [9.17, 15) is 8.42 Å². The zero-order chi connectivity index (χ0) is 29.3. The smallest absolute Gasteiger partial charge is 0.238 e. The van der Waals surface area contributed by atoms with Gasteiger partial charge in [0.1, 0.15) is 11.2 Å². The fourth-order valence-electron chi connectivity index (χ4n) is 6.29. The van der Waals surface area contributed by atoms with Gasteiger partial charge < -0.3 is 24.0 Å². The van der Waals surface area contributed by atoms with Crippen molar-refractivity contribution in [2.45, 2.75) is 64.0 Å². The number of ether oxygens (including phenoxy) is 3. The van der Waals surface area contributed by atoms with Gasteiger partial charge in [-0.3, -0.25) is 4.72 Å². The average Bonchev–Trinajstić information content (AvgIpc) is 3.31. The van der Waals surface area contributed by atoms with Crippen LogP contribution in [0.25, 0.3) is 21.5 Å². The summed E-state index contributed by atoms with van der Waals surface area (Å²) in [5, 5.41) is 0. The van der Waals surface area contributed by atoms with Crippen LogP contribution in [0.15, 0.2) is 12.3 Å². The molecule has 1 N–H and O–H groups in total. The Morgan fingerprint density at radius 2 is 1.79 bits per heavy atom. The van der Waals surface area contributed by atoms with Gasteiger partial charge in [-0.1, -0.05) is 6.42 Å². The van der Waals surface area contributed by atoms with Crippen molar-refractivity contribution < 1.29 is 22.6 Å². The number of methoxy groups -OCH3 is 1. The summed E-state index contributed by atoms with van der Waals surface area (Å²) in [5.41, 5.74) is 2.40. The monoisotopic (exact) mass is 616 g/mol. The predicted octanol–water partition coefficient (Wildman–Crippen LogP) is 4.45. The Kier molecular flexibility index (Phi) is 8.71. The molecule has 0 spiro atoms. The topological polar surface area (TPSA) is 119 Å². The molecule has 0 amide bonds. The largest absolute Gasteiger partial charge is 0.487 e. The number of likely N-dealkylation sites (tertiary alicyclic amines) is 1. The van der Waals surface area contributed by atoms with Crippen molar-refractivity contribution in [1.29, 1.82) is 0 Å². The van der Waals surface area contributed by atoms with E-state index in [0.717, 1.165) is 39.9 Å². The zero-order valence-corrected chi connectivity index (χ0v) is 26.2. The fraction of sp³-hybridized carbons (Fsp3) is 0.621. The minimum atomic E-state index is -3.55. The molecule has 0 radical (unpaired) electrons. The summed E-state index contributed by atoms with van der Waals surface area (Å²) in [6.07, 6.45) is 11.3. The second kappa shape index (κ2) is 12.5. The minimum absolute atomic E-state index is 0.154. The van der Waals surface area contributed by atoms with Gasteiger partial charge in [-0.2, -0.15) is 0 Å². The van der Waals surface area contributed by atoms with E-state index < -0.39 is 10.0 Å². The Labute approximate surface area is 251 Å². The standard InChI is InChI=1S/C29H40N6O5S2/c1-19-26(40-22-9-7-21(8-10-22)34-11-5-4-6-12-34)25-27(41-19)24(31-29(32-25)35-13-15-39-16-14-35)20-17-23(33-42(3,36)37)28(38-2)30-18-20/h17-18,21-22,33H,4-16H2,1-3H3. The maximum Gasteiger partial charge on any atom is 0.238 e. The number of pyridine rings is 1. The summed E-state index contributed by atoms with van der Waals surface area (Å²) in [7, 11) is -2.09. The van der Waals surface area contributed by atoms with Gasteiger partial charge in [-0.05, 0) is 64.6 Å². The summed E-state index contributed by atoms with van der Waals surface area (Å²) in [6.45, 7) is 7.12. The van der Waals surface area contributed by atoms with Gasteiger partial charge in [0, 0.05) is 35.8 Å². The number of morpholine rings is 1. The van der Waals surface area contributed by atoms with E-state index in [1.54, 1.807) is 23.6 Å². The maximum absolute atomic E-state index is 12.1. The summed E-state index contributed by atoms with van der Waals surface area (Å²) >= 11 is 1.60. The van der Waals surface area contributed by atoms with Gasteiger partial charge >= 0.3 is 0 Å². The summed E-state index contributed by atoms with van der Waals surface area (Å²) in [5.74, 6) is 1.62. The molecule has 0 bridgehead atoms. The molecule has 5 heterocycles. The first-order valence-electron chi connectivity index (χ1n) is 14.9. The number of nitrogens with zero attached hydrogens (tertiary/aromatic N) is 5. The number of hydrogen-bond donors (Lipinski definition) is 1. The Balaban J connectivity index is 1.35. The lowest BCUT2D eigenvalue weighted by Gasteiger charge is -2.38. The second-order valence-electron chi connectivity index (χ2n) is 11.4. The van der Waals surface area contributed by atoms with Crippen molar-refractivity contribution in [2.75, 3.05) is 62.4 Å². The molecule has 2 saturated heterocycles. The van der Waals surface area contributed by atoms with Crippen molar-refractivity contribution >= 4 is 43.2 Å². The van der Waals surface area contributed by atoms with Gasteiger partial charge in [0.2, 0.25) is 21.9 Å². The molecule has 3 aliphatic rings. The van der Waals surface area contributed by atoms with Gasteiger partial charge in [0.05, 0.1) is 43.1 Å². The van der Waals surface area contributed by atoms with E-state index in [0.29, 0.717) is 49.6 Å². The quantitative estimate of drug-likeness (QED) is 0.389. The Bertz CT molecular complexity index is 1510. The van der Waals surface area contributed by atoms with Crippen LogP contribution in [-0.2, 0) is 14.8 Å². The molecular formula is C29H40N6O5S2. The average molecular weight is 617 g/mol. The van der Waals surface area contributed by atoms with Gasteiger partial charge in [-0.15, -0.1) is 11.3 Å². The first kappa shape index (κ1) is 29.3. The zero-order valence-electron chi connectivity index (χ0n) is 24.6. The number of piperidine rings is 1. The number of sulfonamides is 1. The van der Waals surface area contributed by atoms with Gasteiger partial charge in [-0.25, -0.2) is 23.4 Å². The van der Waals surface area contributed by atoms with Crippen LogP contribution in [0.5, 0.6) is 11.6 Å². The van der Waals surface area contributed by atoms with Crippen LogP contribution in [0.2, 0.25) is 0 Å². The molecule has 42 heavy (non-hydrogen) atoms. The minimum Gasteiger partial charge on any atom is -0.487 e. The molecule has 3 aromatic rings. The second-order valence-corrected chi connectivity index (χ2v) is 14.4. The van der Waals surface area contributed by atoms with E-state index in [-0.39, 0.29) is 17.7 Å². The normalized spacial score (nSPS) is 22.3. The van der Waals surface area contributed by atoms with Gasteiger partial charge in [0.25, 0.3) is 0 Å². The summed E-state index contributed by atoms with van der Waals surface area (Å²) in [4.78, 5) is 20.3. The number of aryl methyl sites for hydroxylation is 1. The molecule has 0 atom stereocenters. The highest BCUT2D eigenvalue weighted by molar-refractivity contribution is 7.92. The molecule has 3 aromatic heterocycles. The van der Waals surface area contributed by atoms with E-state index in [2.05, 4.69) is 26.4 Å². The SMILES string of the molecule is COc1ncc(-c2nc(N3CCOCC3)nc3c(OC4CCC(N5CCCCC5)CC4)c(C)sc23)cc1NS(C)(=O)=O. The van der Waals surface area contributed by atoms with Gasteiger partial charge in [0.15, 0.2) is 5.75 Å². The first-order chi connectivity index (χ1) is 20.3. The van der Waals surface area contributed by atoms with Crippen molar-refractivity contribution in [3.8, 4) is 22.9 Å². The molecule has 228 valence electrons. The number of nitrogens with one attached hydrogen (secondary N) is 1. The maximum atomic E-state index is 12.1. The molecule has 3 fully saturated rings. The Morgan fingerprint density at radius 1 is 1.05 bits per heavy atom. The van der Waals surface area contributed by atoms with Crippen LogP contribution < -0.4 is 19.1 Å². The van der Waals surface area contributed by atoms with Crippen LogP contribution in [-0.4, -0.2) is 93.2 Å². The molecule has 0 unspecified atom stereocenters. The summed E-state index contributed by atoms with van der Waals surface area (Å²) < 4.78 is 45.2. The van der Waals surface area contributed by atoms with Crippen LogP contribution in [0.4, 0.5) is 11.6 Å². The molecule has 2 aliphatic heterocycles. The molecule has 1 aliphatic carbocycles.